The summed E-state index contributed by atoms with van der Waals surface area (Å²) < 4.78 is 0.907. The summed E-state index contributed by atoms with van der Waals surface area (Å²) in [5.41, 5.74) is 3.21. The van der Waals surface area contributed by atoms with E-state index in [2.05, 4.69) is 44.4 Å². The molecule has 1 atom stereocenters. The minimum absolute atomic E-state index is 0.0413. The molecule has 106 valence electrons. The molecule has 0 aliphatic heterocycles. The molecule has 0 amide bonds. The van der Waals surface area contributed by atoms with Crippen molar-refractivity contribution in [3.63, 3.8) is 0 Å². The second-order valence-corrected chi connectivity index (χ2v) is 6.05. The van der Waals surface area contributed by atoms with Gasteiger partial charge in [-0.3, -0.25) is 4.98 Å². The van der Waals surface area contributed by atoms with Crippen LogP contribution in [0.5, 0.6) is 0 Å². The molecule has 0 spiro atoms. The average molecular weight is 362 g/mol. The van der Waals surface area contributed by atoms with Crippen LogP contribution in [0.2, 0.25) is 5.02 Å². The van der Waals surface area contributed by atoms with Crippen LogP contribution in [0.4, 0.5) is 0 Å². The molecule has 1 heterocycles. The fraction of sp³-hybridized carbons (Fsp3) is 0.118. The summed E-state index contributed by atoms with van der Waals surface area (Å²) in [5, 5.41) is 5.21. The third-order valence-electron chi connectivity index (χ3n) is 3.54. The first kappa shape index (κ1) is 14.5. The maximum atomic E-state index is 6.44. The van der Waals surface area contributed by atoms with Gasteiger partial charge < -0.3 is 5.32 Å². The number of pyridine rings is 1. The Morgan fingerprint density at radius 1 is 1.14 bits per heavy atom. The zero-order valence-electron chi connectivity index (χ0n) is 11.5. The molecule has 1 N–H and O–H groups in total. The molecule has 3 aromatic rings. The Balaban J connectivity index is 2.11. The van der Waals surface area contributed by atoms with E-state index in [1.165, 1.54) is 0 Å². The quantitative estimate of drug-likeness (QED) is 0.713. The number of fused-ring (bicyclic) bond motifs is 1. The van der Waals surface area contributed by atoms with Gasteiger partial charge in [-0.25, -0.2) is 0 Å². The molecule has 4 heteroatoms. The monoisotopic (exact) mass is 360 g/mol. The van der Waals surface area contributed by atoms with Gasteiger partial charge in [0.25, 0.3) is 0 Å². The predicted molar refractivity (Wildman–Crippen MR) is 91.8 cm³/mol. The van der Waals surface area contributed by atoms with Gasteiger partial charge in [-0.2, -0.15) is 0 Å². The fourth-order valence-corrected chi connectivity index (χ4v) is 3.14. The van der Waals surface area contributed by atoms with E-state index in [9.17, 15) is 0 Å². The minimum atomic E-state index is 0.0413. The summed E-state index contributed by atoms with van der Waals surface area (Å²) in [4.78, 5) is 4.36. The van der Waals surface area contributed by atoms with Gasteiger partial charge in [0, 0.05) is 16.1 Å². The molecule has 0 bridgehead atoms. The lowest BCUT2D eigenvalue weighted by Crippen LogP contribution is -2.18. The number of hydrogen-bond donors (Lipinski definition) is 1. The van der Waals surface area contributed by atoms with E-state index < -0.39 is 0 Å². The number of halogens is 2. The largest absolute Gasteiger partial charge is 0.309 e. The van der Waals surface area contributed by atoms with Crippen LogP contribution in [0.3, 0.4) is 0 Å². The van der Waals surface area contributed by atoms with Crippen LogP contribution in [-0.4, -0.2) is 12.0 Å². The highest BCUT2D eigenvalue weighted by Gasteiger charge is 2.16. The number of nitrogens with one attached hydrogen (secondary N) is 1. The van der Waals surface area contributed by atoms with Crippen LogP contribution < -0.4 is 5.32 Å². The van der Waals surface area contributed by atoms with Crippen molar-refractivity contribution < 1.29 is 0 Å². The molecule has 0 radical (unpaired) electrons. The Labute approximate surface area is 137 Å². The lowest BCUT2D eigenvalue weighted by Gasteiger charge is -2.19. The van der Waals surface area contributed by atoms with Gasteiger partial charge in [0.15, 0.2) is 0 Å². The predicted octanol–water partition coefficient (Wildman–Crippen LogP) is 4.96. The summed E-state index contributed by atoms with van der Waals surface area (Å²) in [5.74, 6) is 0. The van der Waals surface area contributed by atoms with E-state index in [0.29, 0.717) is 0 Å². The van der Waals surface area contributed by atoms with Gasteiger partial charge in [0.05, 0.1) is 16.6 Å². The molecule has 0 fully saturated rings. The molecule has 1 unspecified atom stereocenters. The molecule has 2 nitrogen and oxygen atoms in total. The van der Waals surface area contributed by atoms with Gasteiger partial charge >= 0.3 is 0 Å². The van der Waals surface area contributed by atoms with E-state index >= 15 is 0 Å². The van der Waals surface area contributed by atoms with Crippen molar-refractivity contribution in [2.75, 3.05) is 7.05 Å². The molecular weight excluding hydrogens is 348 g/mol. The van der Waals surface area contributed by atoms with Crippen molar-refractivity contribution >= 4 is 38.4 Å². The Morgan fingerprint density at radius 3 is 2.81 bits per heavy atom. The molecule has 21 heavy (non-hydrogen) atoms. The molecule has 0 aliphatic carbocycles. The van der Waals surface area contributed by atoms with Crippen molar-refractivity contribution in [1.82, 2.24) is 10.3 Å². The lowest BCUT2D eigenvalue weighted by molar-refractivity contribution is 0.692. The van der Waals surface area contributed by atoms with Crippen molar-refractivity contribution in [3.05, 3.63) is 75.4 Å². The zero-order chi connectivity index (χ0) is 14.8. The van der Waals surface area contributed by atoms with E-state index in [-0.39, 0.29) is 6.04 Å². The van der Waals surface area contributed by atoms with Crippen LogP contribution in [0.1, 0.15) is 17.2 Å². The van der Waals surface area contributed by atoms with Crippen molar-refractivity contribution in [3.8, 4) is 0 Å². The first-order valence-electron chi connectivity index (χ1n) is 6.66. The maximum Gasteiger partial charge on any atom is 0.0702 e. The van der Waals surface area contributed by atoms with Crippen molar-refractivity contribution in [1.29, 1.82) is 0 Å². The second-order valence-electron chi connectivity index (χ2n) is 4.82. The second kappa shape index (κ2) is 6.14. The van der Waals surface area contributed by atoms with E-state index in [4.69, 9.17) is 11.6 Å². The summed E-state index contributed by atoms with van der Waals surface area (Å²) in [6.45, 7) is 0. The highest BCUT2D eigenvalue weighted by Crippen LogP contribution is 2.33. The highest BCUT2D eigenvalue weighted by molar-refractivity contribution is 9.10. The summed E-state index contributed by atoms with van der Waals surface area (Å²) in [6.07, 6.45) is 1.81. The molecule has 0 saturated carbocycles. The van der Waals surface area contributed by atoms with Gasteiger partial charge in [-0.15, -0.1) is 0 Å². The van der Waals surface area contributed by atoms with Crippen LogP contribution in [-0.2, 0) is 0 Å². The van der Waals surface area contributed by atoms with Gasteiger partial charge in [0.2, 0.25) is 0 Å². The Kier molecular flexibility index (Phi) is 4.24. The third-order valence-corrected chi connectivity index (χ3v) is 4.85. The highest BCUT2D eigenvalue weighted by atomic mass is 79.9. The Bertz CT molecular complexity index is 789. The van der Waals surface area contributed by atoms with Gasteiger partial charge in [-0.05, 0) is 58.4 Å². The summed E-state index contributed by atoms with van der Waals surface area (Å²) in [7, 11) is 1.94. The van der Waals surface area contributed by atoms with Crippen LogP contribution in [0, 0.1) is 0 Å². The number of rotatable bonds is 3. The molecular formula is C17H14BrClN2. The smallest absolute Gasteiger partial charge is 0.0702 e. The fourth-order valence-electron chi connectivity index (χ4n) is 2.52. The minimum Gasteiger partial charge on any atom is -0.309 e. The number of nitrogens with zero attached hydrogens (tertiary/aromatic N) is 1. The molecule has 0 aliphatic rings. The molecule has 2 aromatic carbocycles. The molecule has 1 aromatic heterocycles. The zero-order valence-corrected chi connectivity index (χ0v) is 13.8. The van der Waals surface area contributed by atoms with Gasteiger partial charge in [0.1, 0.15) is 0 Å². The molecule has 0 saturated heterocycles. The normalized spacial score (nSPS) is 12.5. The van der Waals surface area contributed by atoms with E-state index in [1.807, 2.05) is 43.6 Å². The third kappa shape index (κ3) is 2.82. The Hall–Kier alpha value is -1.42. The standard InChI is InChI=1S/C17H14BrClN2/c1-20-17(13-5-2-6-14(18)16(13)19)12-7-8-15-11(10-12)4-3-9-21-15/h2-10,17,20H,1H3. The average Bonchev–Trinajstić information content (AvgIpc) is 2.52. The maximum absolute atomic E-state index is 6.44. The number of hydrogen-bond acceptors (Lipinski definition) is 2. The van der Waals surface area contributed by atoms with Crippen molar-refractivity contribution in [2.45, 2.75) is 6.04 Å². The van der Waals surface area contributed by atoms with Crippen LogP contribution in [0.25, 0.3) is 10.9 Å². The molecule has 3 rings (SSSR count). The van der Waals surface area contributed by atoms with E-state index in [1.54, 1.807) is 0 Å². The Morgan fingerprint density at radius 2 is 2.00 bits per heavy atom. The summed E-state index contributed by atoms with van der Waals surface area (Å²) in [6, 6.07) is 16.3. The van der Waals surface area contributed by atoms with Crippen LogP contribution in [0.15, 0.2) is 59.2 Å². The SMILES string of the molecule is CNC(c1ccc2ncccc2c1)c1cccc(Br)c1Cl. The van der Waals surface area contributed by atoms with Crippen molar-refractivity contribution in [2.24, 2.45) is 0 Å². The van der Waals surface area contributed by atoms with Crippen LogP contribution >= 0.6 is 27.5 Å². The number of benzene rings is 2. The van der Waals surface area contributed by atoms with Gasteiger partial charge in [-0.1, -0.05) is 35.9 Å². The lowest BCUT2D eigenvalue weighted by atomic mass is 9.97. The first-order valence-corrected chi connectivity index (χ1v) is 7.83. The van der Waals surface area contributed by atoms with E-state index in [0.717, 1.165) is 31.5 Å². The topological polar surface area (TPSA) is 24.9 Å². The number of aromatic nitrogens is 1. The first-order chi connectivity index (χ1) is 10.2. The summed E-state index contributed by atoms with van der Waals surface area (Å²) >= 11 is 9.92.